The van der Waals surface area contributed by atoms with Gasteiger partial charge in [0.05, 0.1) is 0 Å². The van der Waals surface area contributed by atoms with Gasteiger partial charge in [0.1, 0.15) is 0 Å². The molecular formula is C12H6Cl2Y-2. The molecule has 0 saturated heterocycles. The van der Waals surface area contributed by atoms with Gasteiger partial charge in [-0.05, 0) is 0 Å². The van der Waals surface area contributed by atoms with Gasteiger partial charge in [0, 0.05) is 32.7 Å². The van der Waals surface area contributed by atoms with Crippen LogP contribution in [0.2, 0.25) is 10.0 Å². The molecule has 3 heteroatoms. The van der Waals surface area contributed by atoms with Crippen LogP contribution in [0.4, 0.5) is 0 Å². The van der Waals surface area contributed by atoms with Crippen molar-refractivity contribution in [2.75, 3.05) is 0 Å². The molecule has 0 saturated carbocycles. The van der Waals surface area contributed by atoms with Crippen LogP contribution in [-0.4, -0.2) is 0 Å². The average molecular weight is 310 g/mol. The molecule has 2 aromatic carbocycles. The van der Waals surface area contributed by atoms with Gasteiger partial charge in [0.25, 0.3) is 0 Å². The Labute approximate surface area is 124 Å². The minimum Gasteiger partial charge on any atom is -0.207 e. The number of hydrogen-bond donors (Lipinski definition) is 0. The summed E-state index contributed by atoms with van der Waals surface area (Å²) >= 11 is 12.0. The molecule has 0 heterocycles. The Morgan fingerprint density at radius 2 is 1.20 bits per heavy atom. The summed E-state index contributed by atoms with van der Waals surface area (Å²) in [4.78, 5) is 0. The molecule has 0 amide bonds. The Morgan fingerprint density at radius 3 is 1.53 bits per heavy atom. The topological polar surface area (TPSA) is 0 Å². The smallest absolute Gasteiger partial charge is 0 e. The molecule has 0 fully saturated rings. The van der Waals surface area contributed by atoms with E-state index in [1.165, 1.54) is 0 Å². The molecule has 0 unspecified atom stereocenters. The Kier molecular flexibility index (Phi) is 5.28. The maximum absolute atomic E-state index is 6.02. The SMILES string of the molecule is Clc1ccc[c-]c1-c1[c-]cccc1Cl.[Y]. The third-order valence-corrected chi connectivity index (χ3v) is 2.49. The maximum atomic E-state index is 6.02. The zero-order valence-electron chi connectivity index (χ0n) is 7.80. The Balaban J connectivity index is 0.00000112. The van der Waals surface area contributed by atoms with E-state index in [9.17, 15) is 0 Å². The van der Waals surface area contributed by atoms with Crippen LogP contribution in [0, 0.1) is 12.1 Å². The van der Waals surface area contributed by atoms with Gasteiger partial charge in [0.2, 0.25) is 0 Å². The van der Waals surface area contributed by atoms with E-state index in [1.807, 2.05) is 24.3 Å². The molecule has 2 rings (SSSR count). The minimum atomic E-state index is 0. The van der Waals surface area contributed by atoms with Gasteiger partial charge >= 0.3 is 0 Å². The fourth-order valence-corrected chi connectivity index (χ4v) is 1.66. The monoisotopic (exact) mass is 309 g/mol. The van der Waals surface area contributed by atoms with Gasteiger partial charge in [-0.25, -0.2) is 11.1 Å². The van der Waals surface area contributed by atoms with Gasteiger partial charge in [-0.3, -0.25) is 0 Å². The number of rotatable bonds is 1. The van der Waals surface area contributed by atoms with E-state index in [0.717, 1.165) is 11.1 Å². The third kappa shape index (κ3) is 3.04. The largest absolute Gasteiger partial charge is 0.207 e. The second kappa shape index (κ2) is 6.01. The average Bonchev–Trinajstić information content (AvgIpc) is 2.20. The van der Waals surface area contributed by atoms with Crippen LogP contribution in [0.1, 0.15) is 0 Å². The summed E-state index contributed by atoms with van der Waals surface area (Å²) in [5, 5.41) is 1.27. The van der Waals surface area contributed by atoms with Gasteiger partial charge in [-0.1, -0.05) is 10.0 Å². The van der Waals surface area contributed by atoms with E-state index in [0.29, 0.717) is 10.0 Å². The van der Waals surface area contributed by atoms with Gasteiger partial charge in [-0.15, -0.1) is 24.3 Å². The van der Waals surface area contributed by atoms with Crippen LogP contribution in [0.3, 0.4) is 0 Å². The van der Waals surface area contributed by atoms with E-state index in [-0.39, 0.29) is 32.7 Å². The van der Waals surface area contributed by atoms with Crippen LogP contribution in [0.25, 0.3) is 11.1 Å². The minimum absolute atomic E-state index is 0. The first kappa shape index (κ1) is 13.2. The molecule has 0 aliphatic heterocycles. The molecule has 73 valence electrons. The Hall–Kier alpha value is 0.124. The van der Waals surface area contributed by atoms with Crippen LogP contribution in [0.15, 0.2) is 36.4 Å². The van der Waals surface area contributed by atoms with Gasteiger partial charge in [0.15, 0.2) is 0 Å². The van der Waals surface area contributed by atoms with E-state index in [4.69, 9.17) is 23.2 Å². The predicted molar refractivity (Wildman–Crippen MR) is 59.6 cm³/mol. The summed E-state index contributed by atoms with van der Waals surface area (Å²) in [5.74, 6) is 0. The number of hydrogen-bond acceptors (Lipinski definition) is 0. The van der Waals surface area contributed by atoms with Crippen molar-refractivity contribution in [3.63, 3.8) is 0 Å². The predicted octanol–water partition coefficient (Wildman–Crippen LogP) is 4.26. The summed E-state index contributed by atoms with van der Waals surface area (Å²) in [5.41, 5.74) is 1.58. The first-order valence-corrected chi connectivity index (χ1v) is 4.87. The molecule has 0 bridgehead atoms. The maximum Gasteiger partial charge on any atom is 0 e. The molecule has 0 N–H and O–H groups in total. The molecule has 1 radical (unpaired) electrons. The molecule has 0 nitrogen and oxygen atoms in total. The van der Waals surface area contributed by atoms with E-state index >= 15 is 0 Å². The molecule has 15 heavy (non-hydrogen) atoms. The summed E-state index contributed by atoms with van der Waals surface area (Å²) < 4.78 is 0. The standard InChI is InChI=1S/C12H6Cl2.Y/c13-11-7-3-1-5-9(11)10-6-2-4-8-12(10)14;/h1-4,7-8H;/q-2;. The zero-order chi connectivity index (χ0) is 9.97. The third-order valence-electron chi connectivity index (χ3n) is 1.86. The fraction of sp³-hybridized carbons (Fsp3) is 0. The van der Waals surface area contributed by atoms with E-state index in [2.05, 4.69) is 12.1 Å². The van der Waals surface area contributed by atoms with Gasteiger partial charge in [-0.2, -0.15) is 47.5 Å². The van der Waals surface area contributed by atoms with Crippen molar-refractivity contribution in [3.8, 4) is 11.1 Å². The summed E-state index contributed by atoms with van der Waals surface area (Å²) in [6.07, 6.45) is 0. The molecule has 0 aromatic heterocycles. The fourth-order valence-electron chi connectivity index (χ4n) is 1.22. The first-order chi connectivity index (χ1) is 6.79. The van der Waals surface area contributed by atoms with E-state index < -0.39 is 0 Å². The summed E-state index contributed by atoms with van der Waals surface area (Å²) in [7, 11) is 0. The summed E-state index contributed by atoms with van der Waals surface area (Å²) in [6.45, 7) is 0. The van der Waals surface area contributed by atoms with Gasteiger partial charge < -0.3 is 0 Å². The van der Waals surface area contributed by atoms with Crippen LogP contribution < -0.4 is 0 Å². The van der Waals surface area contributed by atoms with Crippen LogP contribution in [-0.2, 0) is 32.7 Å². The molecule has 0 aliphatic rings. The van der Waals surface area contributed by atoms with Crippen molar-refractivity contribution in [2.45, 2.75) is 0 Å². The second-order valence-corrected chi connectivity index (χ2v) is 3.60. The molecule has 0 aliphatic carbocycles. The quantitative estimate of drug-likeness (QED) is 0.691. The van der Waals surface area contributed by atoms with Crippen molar-refractivity contribution in [1.29, 1.82) is 0 Å². The molecule has 2 aromatic rings. The zero-order valence-corrected chi connectivity index (χ0v) is 12.1. The van der Waals surface area contributed by atoms with Crippen molar-refractivity contribution < 1.29 is 32.7 Å². The van der Waals surface area contributed by atoms with Crippen LogP contribution in [0.5, 0.6) is 0 Å². The normalized spacial score (nSPS) is 9.47. The molecule has 0 spiro atoms. The van der Waals surface area contributed by atoms with Crippen molar-refractivity contribution >= 4 is 23.2 Å². The van der Waals surface area contributed by atoms with Crippen molar-refractivity contribution in [3.05, 3.63) is 58.6 Å². The van der Waals surface area contributed by atoms with Crippen molar-refractivity contribution in [1.82, 2.24) is 0 Å². The van der Waals surface area contributed by atoms with E-state index in [1.54, 1.807) is 12.1 Å². The van der Waals surface area contributed by atoms with Crippen LogP contribution >= 0.6 is 23.2 Å². The first-order valence-electron chi connectivity index (χ1n) is 4.12. The number of benzene rings is 2. The Morgan fingerprint density at radius 1 is 0.800 bits per heavy atom. The summed E-state index contributed by atoms with van der Waals surface area (Å²) in [6, 6.07) is 17.0. The molecular weight excluding hydrogens is 304 g/mol. The Bertz CT molecular complexity index is 411. The second-order valence-electron chi connectivity index (χ2n) is 2.79. The van der Waals surface area contributed by atoms with Crippen molar-refractivity contribution in [2.24, 2.45) is 0 Å². The number of halogens is 2. The molecule has 0 atom stereocenters.